The molecule has 14 nitrogen and oxygen atoms in total. The quantitative estimate of drug-likeness (QED) is 0.212. The van der Waals surface area contributed by atoms with Gasteiger partial charge in [-0.3, -0.25) is 34.3 Å². The molecule has 0 saturated carbocycles. The van der Waals surface area contributed by atoms with Gasteiger partial charge in [-0.2, -0.15) is 4.98 Å². The number of hydrogen-bond acceptors (Lipinski definition) is 11. The fourth-order valence-electron chi connectivity index (χ4n) is 9.17. The summed E-state index contributed by atoms with van der Waals surface area (Å²) in [6.45, 7) is 9.69. The number of anilines is 6. The molecule has 0 spiro atoms. The van der Waals surface area contributed by atoms with Crippen LogP contribution in [0.25, 0.3) is 0 Å². The number of rotatable bonds is 8. The summed E-state index contributed by atoms with van der Waals surface area (Å²) < 4.78 is 0. The third kappa shape index (κ3) is 7.65. The summed E-state index contributed by atoms with van der Waals surface area (Å²) in [7, 11) is 1.87. The van der Waals surface area contributed by atoms with E-state index in [9.17, 15) is 19.2 Å². The summed E-state index contributed by atoms with van der Waals surface area (Å²) in [6, 6.07) is 16.9. The van der Waals surface area contributed by atoms with Crippen LogP contribution in [0.5, 0.6) is 0 Å². The zero-order valence-corrected chi connectivity index (χ0v) is 34.6. The van der Waals surface area contributed by atoms with Gasteiger partial charge in [0.25, 0.3) is 11.8 Å². The predicted octanol–water partition coefficient (Wildman–Crippen LogP) is 5.69. The Kier molecular flexibility index (Phi) is 10.6. The second kappa shape index (κ2) is 16.0. The van der Waals surface area contributed by atoms with Gasteiger partial charge < -0.3 is 24.9 Å². The summed E-state index contributed by atoms with van der Waals surface area (Å²) in [6.07, 6.45) is 4.44. The van der Waals surface area contributed by atoms with E-state index in [2.05, 4.69) is 61.5 Å². The molecule has 0 bridgehead atoms. The third-order valence-corrected chi connectivity index (χ3v) is 12.9. The van der Waals surface area contributed by atoms with Gasteiger partial charge in [0.05, 0.1) is 22.4 Å². The van der Waals surface area contributed by atoms with Crippen LogP contribution >= 0.6 is 23.2 Å². The van der Waals surface area contributed by atoms with E-state index >= 15 is 0 Å². The maximum absolute atomic E-state index is 13.5. The van der Waals surface area contributed by atoms with Crippen molar-refractivity contribution in [2.75, 3.05) is 84.4 Å². The van der Waals surface area contributed by atoms with Crippen LogP contribution in [-0.4, -0.2) is 109 Å². The van der Waals surface area contributed by atoms with E-state index in [0.29, 0.717) is 57.5 Å². The number of aryl methyl sites for hydroxylation is 1. The Bertz CT molecular complexity index is 2320. The molecule has 2 N–H and O–H groups in total. The summed E-state index contributed by atoms with van der Waals surface area (Å²) in [5.74, 6) is 0.518. The zero-order valence-electron chi connectivity index (χ0n) is 33.1. The Morgan fingerprint density at radius 2 is 1.61 bits per heavy atom. The van der Waals surface area contributed by atoms with Crippen molar-refractivity contribution in [2.45, 2.75) is 45.2 Å². The van der Waals surface area contributed by atoms with Crippen molar-refractivity contribution in [2.24, 2.45) is 5.92 Å². The van der Waals surface area contributed by atoms with Crippen LogP contribution in [0.2, 0.25) is 10.0 Å². The molecule has 3 aromatic carbocycles. The van der Waals surface area contributed by atoms with Crippen molar-refractivity contribution >= 4 is 81.3 Å². The van der Waals surface area contributed by atoms with Crippen LogP contribution in [-0.2, 0) is 16.1 Å². The second-order valence-electron chi connectivity index (χ2n) is 16.2. The molecule has 306 valence electrons. The first-order valence-electron chi connectivity index (χ1n) is 20.2. The fourth-order valence-corrected chi connectivity index (χ4v) is 9.77. The minimum Gasteiger partial charge on any atom is -0.371 e. The molecule has 1 unspecified atom stereocenters. The van der Waals surface area contributed by atoms with E-state index in [1.807, 2.05) is 24.1 Å². The van der Waals surface area contributed by atoms with Crippen LogP contribution in [0.4, 0.5) is 34.5 Å². The lowest BCUT2D eigenvalue weighted by molar-refractivity contribution is -0.136. The molecule has 16 heteroatoms. The van der Waals surface area contributed by atoms with Crippen molar-refractivity contribution in [1.82, 2.24) is 25.1 Å². The maximum Gasteiger partial charge on any atom is 0.265 e. The first kappa shape index (κ1) is 39.0. The molecule has 6 heterocycles. The summed E-state index contributed by atoms with van der Waals surface area (Å²) in [4.78, 5) is 72.4. The monoisotopic (exact) mass is 836 g/mol. The number of nitrogens with one attached hydrogen (secondary N) is 2. The third-order valence-electron chi connectivity index (χ3n) is 12.3. The number of amides is 4. The van der Waals surface area contributed by atoms with Crippen molar-refractivity contribution in [1.29, 1.82) is 0 Å². The number of carbonyl (C=O) groups is 4. The first-order chi connectivity index (χ1) is 28.5. The van der Waals surface area contributed by atoms with Crippen LogP contribution < -0.4 is 30.2 Å². The normalized spacial score (nSPS) is 20.3. The van der Waals surface area contributed by atoms with E-state index in [-0.39, 0.29) is 36.7 Å². The molecular weight excluding hydrogens is 791 g/mol. The molecule has 3 saturated heterocycles. The van der Waals surface area contributed by atoms with Crippen LogP contribution in [0.15, 0.2) is 60.8 Å². The Morgan fingerprint density at radius 1 is 0.847 bits per heavy atom. The smallest absolute Gasteiger partial charge is 0.265 e. The lowest BCUT2D eigenvalue weighted by Crippen LogP contribution is -2.52. The number of para-hydroxylation sites is 1. The number of imide groups is 1. The molecule has 4 aromatic rings. The van der Waals surface area contributed by atoms with Gasteiger partial charge in [-0.25, -0.2) is 4.98 Å². The largest absolute Gasteiger partial charge is 0.371 e. The van der Waals surface area contributed by atoms with E-state index in [1.165, 1.54) is 11.3 Å². The van der Waals surface area contributed by atoms with Crippen molar-refractivity contribution in [3.05, 3.63) is 93.1 Å². The van der Waals surface area contributed by atoms with E-state index in [1.54, 1.807) is 34.2 Å². The van der Waals surface area contributed by atoms with Crippen LogP contribution in [0.3, 0.4) is 0 Å². The predicted molar refractivity (Wildman–Crippen MR) is 229 cm³/mol. The Labute approximate surface area is 353 Å². The maximum atomic E-state index is 13.5. The van der Waals surface area contributed by atoms with Crippen molar-refractivity contribution in [3.63, 3.8) is 0 Å². The van der Waals surface area contributed by atoms with Gasteiger partial charge >= 0.3 is 0 Å². The Balaban J connectivity index is 0.754. The molecule has 4 amide bonds. The molecule has 1 aromatic heterocycles. The summed E-state index contributed by atoms with van der Waals surface area (Å²) in [5, 5.41) is 6.51. The van der Waals surface area contributed by atoms with Crippen LogP contribution in [0, 0.1) is 12.8 Å². The van der Waals surface area contributed by atoms with Gasteiger partial charge in [-0.1, -0.05) is 29.3 Å². The minimum absolute atomic E-state index is 0.137. The number of piperidine rings is 2. The van der Waals surface area contributed by atoms with E-state index in [0.717, 1.165) is 75.6 Å². The molecule has 0 radical (unpaired) electrons. The summed E-state index contributed by atoms with van der Waals surface area (Å²) >= 11 is 12.9. The molecule has 5 aliphatic heterocycles. The minimum atomic E-state index is -0.601. The van der Waals surface area contributed by atoms with Gasteiger partial charge in [-0.15, -0.1) is 0 Å². The SMILES string of the molecule is Cc1cc(Nc2ncc3c(n2)N(C)CN(c2c(Cl)cccc2Cl)C3=O)ccc1N1CCC(CN2CCN(c3ccc4c(c3)CN(C3CCC(=O)NC3=O)C4=O)CC2)CC1. The standard InChI is InChI=1S/C43H46Cl2N10O4/c1-26-20-29(47-43-46-22-32-39(49-43)50(2)25-55(42(32)59)38-33(44)4-3-5-34(38)45)6-9-35(26)53-14-12-27(13-15-53)23-51-16-18-52(19-17-51)30-7-8-31-28(21-30)24-54(41(31)58)36-10-11-37(56)48-40(36)57/h3-9,20-22,27,36H,10-19,23-25H2,1-2H3,(H,46,47,49)(H,48,56,57). The second-order valence-corrected chi connectivity index (χ2v) is 17.0. The van der Waals surface area contributed by atoms with Crippen molar-refractivity contribution < 1.29 is 19.2 Å². The molecule has 5 aliphatic rings. The van der Waals surface area contributed by atoms with Crippen molar-refractivity contribution in [3.8, 4) is 0 Å². The number of halogens is 2. The lowest BCUT2D eigenvalue weighted by Gasteiger charge is -2.40. The molecule has 3 fully saturated rings. The molecule has 0 aliphatic carbocycles. The first-order valence-corrected chi connectivity index (χ1v) is 21.0. The molecule has 9 rings (SSSR count). The number of hydrogen-bond donors (Lipinski definition) is 2. The molecule has 1 atom stereocenters. The lowest BCUT2D eigenvalue weighted by atomic mass is 9.95. The average Bonchev–Trinajstić information content (AvgIpc) is 3.55. The number of piperazine rings is 1. The number of fused-ring (bicyclic) bond motifs is 2. The molecule has 59 heavy (non-hydrogen) atoms. The molecular formula is C43H46Cl2N10O4. The Hall–Kier alpha value is -5.44. The number of carbonyl (C=O) groups excluding carboxylic acids is 4. The van der Waals surface area contributed by atoms with Gasteiger partial charge in [0.1, 0.15) is 17.4 Å². The highest BCUT2D eigenvalue weighted by atomic mass is 35.5. The van der Waals surface area contributed by atoms with Crippen LogP contribution in [0.1, 0.15) is 57.5 Å². The highest BCUT2D eigenvalue weighted by Gasteiger charge is 2.39. The van der Waals surface area contributed by atoms with Gasteiger partial charge in [0.2, 0.25) is 17.8 Å². The zero-order chi connectivity index (χ0) is 40.9. The number of aromatic nitrogens is 2. The van der Waals surface area contributed by atoms with E-state index < -0.39 is 6.04 Å². The topological polar surface area (TPSA) is 138 Å². The van der Waals surface area contributed by atoms with Gasteiger partial charge in [0.15, 0.2) is 0 Å². The van der Waals surface area contributed by atoms with Gasteiger partial charge in [0, 0.05) is 94.6 Å². The van der Waals surface area contributed by atoms with Gasteiger partial charge in [-0.05, 0) is 91.8 Å². The summed E-state index contributed by atoms with van der Waals surface area (Å²) in [5.41, 5.74) is 6.81. The Morgan fingerprint density at radius 3 is 2.34 bits per heavy atom. The average molecular weight is 838 g/mol. The highest BCUT2D eigenvalue weighted by Crippen LogP contribution is 2.38. The number of nitrogens with zero attached hydrogens (tertiary/aromatic N) is 8. The number of benzene rings is 3. The highest BCUT2D eigenvalue weighted by molar-refractivity contribution is 6.40. The fraction of sp³-hybridized carbons (Fsp3) is 0.395. The van der Waals surface area contributed by atoms with E-state index in [4.69, 9.17) is 28.2 Å².